The van der Waals surface area contributed by atoms with E-state index in [0.717, 1.165) is 0 Å². The summed E-state index contributed by atoms with van der Waals surface area (Å²) >= 11 is 3.08. The van der Waals surface area contributed by atoms with Gasteiger partial charge in [-0.1, -0.05) is 40.2 Å². The van der Waals surface area contributed by atoms with Gasteiger partial charge in [0.15, 0.2) is 17.3 Å². The van der Waals surface area contributed by atoms with Crippen LogP contribution in [-0.4, -0.2) is 22.7 Å². The van der Waals surface area contributed by atoms with Gasteiger partial charge < -0.3 is 5.73 Å². The number of hydrogen-bond donors (Lipinski definition) is 1. The first kappa shape index (κ1) is 13.7. The van der Waals surface area contributed by atoms with Crippen LogP contribution in [0.4, 0.5) is 5.69 Å². The Morgan fingerprint density at radius 3 is 2.19 bits per heavy atom. The fourth-order valence-electron chi connectivity index (χ4n) is 2.53. The van der Waals surface area contributed by atoms with Gasteiger partial charge in [0, 0.05) is 22.3 Å². The summed E-state index contributed by atoms with van der Waals surface area (Å²) in [5.74, 6) is -0.791. The number of hydrogen-bond acceptors (Lipinski definition) is 4. The van der Waals surface area contributed by atoms with E-state index in [1.165, 1.54) is 12.1 Å². The van der Waals surface area contributed by atoms with Crippen LogP contribution >= 0.6 is 15.9 Å². The molecule has 1 aliphatic carbocycles. The van der Waals surface area contributed by atoms with Crippen molar-refractivity contribution in [2.45, 2.75) is 0 Å². The first-order valence-corrected chi connectivity index (χ1v) is 7.38. The van der Waals surface area contributed by atoms with Crippen molar-refractivity contribution in [2.24, 2.45) is 0 Å². The van der Waals surface area contributed by atoms with Crippen LogP contribution in [0, 0.1) is 0 Å². The zero-order valence-corrected chi connectivity index (χ0v) is 12.4. The second-order valence-electron chi connectivity index (χ2n) is 4.71. The summed E-state index contributed by atoms with van der Waals surface area (Å²) < 4.78 is 0. The third-order valence-electron chi connectivity index (χ3n) is 3.56. The van der Waals surface area contributed by atoms with Gasteiger partial charge in [-0.2, -0.15) is 0 Å². The van der Waals surface area contributed by atoms with Crippen LogP contribution in [0.5, 0.6) is 0 Å². The molecule has 0 aromatic heterocycles. The van der Waals surface area contributed by atoms with E-state index < -0.39 is 0 Å². The van der Waals surface area contributed by atoms with Gasteiger partial charge in [-0.25, -0.2) is 0 Å². The van der Waals surface area contributed by atoms with E-state index in [2.05, 4.69) is 15.9 Å². The summed E-state index contributed by atoms with van der Waals surface area (Å²) in [7, 11) is 0. The highest BCUT2D eigenvalue weighted by molar-refractivity contribution is 9.09. The standard InChI is InChI=1S/C16H10BrNO3/c17-7-12(19)10-5-6-11-13(14(10)18)16(21)9-4-2-1-3-8(9)15(11)20/h1-6H,7,18H2. The molecule has 2 aromatic carbocycles. The molecule has 0 unspecified atom stereocenters. The molecule has 1 aliphatic rings. The van der Waals surface area contributed by atoms with E-state index in [9.17, 15) is 14.4 Å². The van der Waals surface area contributed by atoms with Crippen LogP contribution in [-0.2, 0) is 0 Å². The van der Waals surface area contributed by atoms with Gasteiger partial charge in [-0.05, 0) is 12.1 Å². The molecule has 5 heteroatoms. The number of nitrogens with two attached hydrogens (primary N) is 1. The monoisotopic (exact) mass is 343 g/mol. The topological polar surface area (TPSA) is 77.2 Å². The molecule has 4 nitrogen and oxygen atoms in total. The van der Waals surface area contributed by atoms with Gasteiger partial charge in [-0.15, -0.1) is 0 Å². The SMILES string of the molecule is Nc1c(C(=O)CBr)ccc2c1C(=O)c1ccccc1C2=O. The molecule has 2 N–H and O–H groups in total. The highest BCUT2D eigenvalue weighted by atomic mass is 79.9. The molecule has 0 amide bonds. The Kier molecular flexibility index (Phi) is 3.22. The lowest BCUT2D eigenvalue weighted by Crippen LogP contribution is -2.23. The smallest absolute Gasteiger partial charge is 0.196 e. The fraction of sp³-hybridized carbons (Fsp3) is 0.0625. The maximum atomic E-state index is 12.6. The second kappa shape index (κ2) is 4.93. The molecule has 0 aliphatic heterocycles. The number of alkyl halides is 1. The predicted octanol–water partition coefficient (Wildman–Crippen LogP) is 2.62. The average molecular weight is 344 g/mol. The summed E-state index contributed by atoms with van der Waals surface area (Å²) in [6.07, 6.45) is 0. The molecular weight excluding hydrogens is 334 g/mol. The van der Waals surface area contributed by atoms with Gasteiger partial charge >= 0.3 is 0 Å². The third-order valence-corrected chi connectivity index (χ3v) is 4.06. The van der Waals surface area contributed by atoms with E-state index in [0.29, 0.717) is 11.1 Å². The zero-order valence-electron chi connectivity index (χ0n) is 10.9. The van der Waals surface area contributed by atoms with E-state index in [1.54, 1.807) is 24.3 Å². The minimum absolute atomic E-state index is 0.0739. The number of halogens is 1. The molecule has 0 heterocycles. The maximum absolute atomic E-state index is 12.6. The molecule has 0 saturated heterocycles. The number of carbonyl (C=O) groups excluding carboxylic acids is 3. The Balaban J connectivity index is 2.29. The molecule has 0 saturated carbocycles. The highest BCUT2D eigenvalue weighted by Gasteiger charge is 2.32. The number of ketones is 3. The van der Waals surface area contributed by atoms with Crippen molar-refractivity contribution in [2.75, 3.05) is 11.1 Å². The third kappa shape index (κ3) is 1.93. The molecule has 21 heavy (non-hydrogen) atoms. The van der Waals surface area contributed by atoms with Gasteiger partial charge in [-0.3, -0.25) is 14.4 Å². The lowest BCUT2D eigenvalue weighted by atomic mass is 9.82. The van der Waals surface area contributed by atoms with Crippen molar-refractivity contribution in [3.63, 3.8) is 0 Å². The summed E-state index contributed by atoms with van der Waals surface area (Å²) in [6.45, 7) is 0. The fourth-order valence-corrected chi connectivity index (χ4v) is 2.83. The molecule has 0 spiro atoms. The molecule has 104 valence electrons. The first-order chi connectivity index (χ1) is 10.1. The number of rotatable bonds is 2. The van der Waals surface area contributed by atoms with E-state index in [4.69, 9.17) is 5.73 Å². The summed E-state index contributed by atoms with van der Waals surface area (Å²) in [4.78, 5) is 36.9. The Labute approximate surface area is 129 Å². The van der Waals surface area contributed by atoms with Crippen LogP contribution in [0.2, 0.25) is 0 Å². The van der Waals surface area contributed by atoms with Crippen LogP contribution in [0.1, 0.15) is 42.2 Å². The number of fused-ring (bicyclic) bond motifs is 2. The van der Waals surface area contributed by atoms with Crippen molar-refractivity contribution < 1.29 is 14.4 Å². The molecular formula is C16H10BrNO3. The predicted molar refractivity (Wildman–Crippen MR) is 82.3 cm³/mol. The maximum Gasteiger partial charge on any atom is 0.196 e. The Morgan fingerprint density at radius 2 is 1.57 bits per heavy atom. The van der Waals surface area contributed by atoms with Crippen LogP contribution in [0.15, 0.2) is 36.4 Å². The quantitative estimate of drug-likeness (QED) is 0.440. The van der Waals surface area contributed by atoms with Crippen LogP contribution in [0.25, 0.3) is 0 Å². The van der Waals surface area contributed by atoms with Gasteiger partial charge in [0.25, 0.3) is 0 Å². The van der Waals surface area contributed by atoms with E-state index in [-0.39, 0.29) is 45.1 Å². The Morgan fingerprint density at radius 1 is 0.952 bits per heavy atom. The molecule has 3 rings (SSSR count). The molecule has 0 radical (unpaired) electrons. The minimum Gasteiger partial charge on any atom is -0.398 e. The molecule has 0 fully saturated rings. The van der Waals surface area contributed by atoms with Crippen molar-refractivity contribution in [3.8, 4) is 0 Å². The van der Waals surface area contributed by atoms with Gasteiger partial charge in [0.2, 0.25) is 0 Å². The van der Waals surface area contributed by atoms with Crippen molar-refractivity contribution >= 4 is 39.0 Å². The summed E-state index contributed by atoms with van der Waals surface area (Å²) in [5, 5.41) is 0.106. The number of benzene rings is 2. The number of carbonyl (C=O) groups is 3. The zero-order chi connectivity index (χ0) is 15.1. The number of anilines is 1. The second-order valence-corrected chi connectivity index (χ2v) is 5.27. The van der Waals surface area contributed by atoms with Gasteiger partial charge in [0.05, 0.1) is 16.6 Å². The Hall–Kier alpha value is -2.27. The van der Waals surface area contributed by atoms with Crippen molar-refractivity contribution in [3.05, 3.63) is 64.2 Å². The number of Topliss-reactive ketones (excluding diaryl/α,β-unsaturated/α-hetero) is 1. The van der Waals surface area contributed by atoms with Crippen LogP contribution < -0.4 is 5.73 Å². The Bertz CT molecular complexity index is 811. The summed E-state index contributed by atoms with van der Waals surface area (Å²) in [5.41, 5.74) is 7.38. The lowest BCUT2D eigenvalue weighted by Gasteiger charge is -2.20. The van der Waals surface area contributed by atoms with Crippen LogP contribution in [0.3, 0.4) is 0 Å². The molecule has 0 bridgehead atoms. The van der Waals surface area contributed by atoms with Crippen molar-refractivity contribution in [1.82, 2.24) is 0 Å². The molecule has 0 atom stereocenters. The highest BCUT2D eigenvalue weighted by Crippen LogP contribution is 2.32. The van der Waals surface area contributed by atoms with Crippen molar-refractivity contribution in [1.29, 1.82) is 0 Å². The first-order valence-electron chi connectivity index (χ1n) is 6.26. The normalized spacial score (nSPS) is 12.8. The van der Waals surface area contributed by atoms with E-state index >= 15 is 0 Å². The average Bonchev–Trinajstić information content (AvgIpc) is 2.51. The number of nitrogen functional groups attached to an aromatic ring is 1. The van der Waals surface area contributed by atoms with E-state index in [1.807, 2.05) is 0 Å². The van der Waals surface area contributed by atoms with Gasteiger partial charge in [0.1, 0.15) is 0 Å². The largest absolute Gasteiger partial charge is 0.398 e. The molecule has 2 aromatic rings. The summed E-state index contributed by atoms with van der Waals surface area (Å²) in [6, 6.07) is 9.61. The minimum atomic E-state index is -0.318. The lowest BCUT2D eigenvalue weighted by molar-refractivity contribution is 0.0978.